The molecule has 39 heavy (non-hydrogen) atoms. The van der Waals surface area contributed by atoms with E-state index in [9.17, 15) is 40.2 Å². The van der Waals surface area contributed by atoms with Crippen molar-refractivity contribution in [2.45, 2.75) is 74.9 Å². The number of phenolic OH excluding ortho intramolecular Hbond substituents is 1. The van der Waals surface area contributed by atoms with Crippen molar-refractivity contribution in [2.75, 3.05) is 13.7 Å². The number of aliphatic hydroxyl groups is 5. The highest BCUT2D eigenvalue weighted by atomic mass is 16.8. The summed E-state index contributed by atoms with van der Waals surface area (Å²) >= 11 is 0. The van der Waals surface area contributed by atoms with Crippen LogP contribution in [0.1, 0.15) is 25.3 Å². The summed E-state index contributed by atoms with van der Waals surface area (Å²) in [7, 11) is 1.17. The minimum atomic E-state index is -1.73. The second kappa shape index (κ2) is 11.8. The van der Waals surface area contributed by atoms with Gasteiger partial charge in [-0.15, -0.1) is 0 Å². The first-order valence-electron chi connectivity index (χ1n) is 12.6. The van der Waals surface area contributed by atoms with Gasteiger partial charge in [-0.3, -0.25) is 4.79 Å². The molecule has 1 aromatic rings. The molecule has 2 aliphatic heterocycles. The maximum Gasteiger partial charge on any atom is 0.337 e. The first kappa shape index (κ1) is 29.2. The summed E-state index contributed by atoms with van der Waals surface area (Å²) < 4.78 is 27.4. The molecule has 1 aliphatic carbocycles. The third-order valence-electron chi connectivity index (χ3n) is 7.48. The molecular weight excluding hydrogens is 520 g/mol. The van der Waals surface area contributed by atoms with Crippen LogP contribution in [0.3, 0.4) is 0 Å². The lowest BCUT2D eigenvalue weighted by molar-refractivity contribution is -0.346. The van der Waals surface area contributed by atoms with Gasteiger partial charge in [0.25, 0.3) is 0 Å². The van der Waals surface area contributed by atoms with E-state index in [1.807, 2.05) is 0 Å². The zero-order chi connectivity index (χ0) is 28.5. The molecule has 216 valence electrons. The number of aromatic hydroxyl groups is 1. The highest BCUT2D eigenvalue weighted by Gasteiger charge is 2.61. The number of methoxy groups -OCH3 is 1. The summed E-state index contributed by atoms with van der Waals surface area (Å²) in [5.74, 6) is -3.18. The fourth-order valence-electron chi connectivity index (χ4n) is 5.43. The number of hydrogen-bond donors (Lipinski definition) is 6. The number of fused-ring (bicyclic) bond motifs is 1. The number of hydrogen-bond acceptors (Lipinski definition) is 13. The van der Waals surface area contributed by atoms with Crippen LogP contribution in [0.5, 0.6) is 5.75 Å². The van der Waals surface area contributed by atoms with E-state index in [1.165, 1.54) is 26.2 Å². The average molecular weight is 555 g/mol. The Morgan fingerprint density at radius 1 is 1.08 bits per heavy atom. The van der Waals surface area contributed by atoms with E-state index in [0.717, 1.165) is 11.8 Å². The molecule has 0 aromatic heterocycles. The van der Waals surface area contributed by atoms with Crippen LogP contribution in [0, 0.1) is 11.8 Å². The number of benzene rings is 1. The Bertz CT molecular complexity index is 1050. The van der Waals surface area contributed by atoms with Gasteiger partial charge in [0, 0.05) is 18.8 Å². The fourth-order valence-corrected chi connectivity index (χ4v) is 5.43. The van der Waals surface area contributed by atoms with Gasteiger partial charge in [-0.05, 0) is 31.0 Å². The Morgan fingerprint density at radius 2 is 1.77 bits per heavy atom. The fraction of sp³-hybridized carbons (Fsp3) is 0.615. The molecule has 2 fully saturated rings. The zero-order valence-corrected chi connectivity index (χ0v) is 21.5. The van der Waals surface area contributed by atoms with Crippen LogP contribution in [-0.2, 0) is 39.7 Å². The number of carbonyl (C=O) groups is 2. The lowest BCUT2D eigenvalue weighted by atomic mass is 9.80. The van der Waals surface area contributed by atoms with Gasteiger partial charge in [0.2, 0.25) is 6.29 Å². The van der Waals surface area contributed by atoms with E-state index in [1.54, 1.807) is 12.1 Å². The second-order valence-electron chi connectivity index (χ2n) is 10.2. The molecule has 4 rings (SSSR count). The molecule has 13 heteroatoms. The van der Waals surface area contributed by atoms with Gasteiger partial charge in [0.1, 0.15) is 36.3 Å². The lowest BCUT2D eigenvalue weighted by Crippen LogP contribution is -2.60. The van der Waals surface area contributed by atoms with Crippen LogP contribution in [0.2, 0.25) is 0 Å². The van der Waals surface area contributed by atoms with Gasteiger partial charge in [-0.25, -0.2) is 4.79 Å². The van der Waals surface area contributed by atoms with E-state index >= 15 is 0 Å². The summed E-state index contributed by atoms with van der Waals surface area (Å²) in [6.45, 7) is 0.789. The smallest absolute Gasteiger partial charge is 0.337 e. The first-order valence-corrected chi connectivity index (χ1v) is 12.6. The van der Waals surface area contributed by atoms with Crippen molar-refractivity contribution in [3.63, 3.8) is 0 Å². The molecule has 1 saturated carbocycles. The van der Waals surface area contributed by atoms with Crippen molar-refractivity contribution < 1.29 is 63.9 Å². The van der Waals surface area contributed by atoms with Crippen molar-refractivity contribution in [1.29, 1.82) is 0 Å². The minimum Gasteiger partial charge on any atom is -0.508 e. The van der Waals surface area contributed by atoms with Gasteiger partial charge < -0.3 is 54.3 Å². The molecule has 1 unspecified atom stereocenters. The molecule has 0 radical (unpaired) electrons. The van der Waals surface area contributed by atoms with Crippen LogP contribution < -0.4 is 0 Å². The summed E-state index contributed by atoms with van der Waals surface area (Å²) in [5.41, 5.74) is -0.792. The summed E-state index contributed by atoms with van der Waals surface area (Å²) in [5, 5.41) is 60.8. The molecule has 1 saturated heterocycles. The van der Waals surface area contributed by atoms with E-state index in [2.05, 4.69) is 0 Å². The highest BCUT2D eigenvalue weighted by molar-refractivity contribution is 5.89. The number of ether oxygens (including phenoxy) is 5. The van der Waals surface area contributed by atoms with Crippen molar-refractivity contribution in [1.82, 2.24) is 0 Å². The van der Waals surface area contributed by atoms with Gasteiger partial charge in [0.05, 0.1) is 37.1 Å². The Morgan fingerprint density at radius 3 is 2.41 bits per heavy atom. The summed E-state index contributed by atoms with van der Waals surface area (Å²) in [4.78, 5) is 25.4. The molecule has 6 N–H and O–H groups in total. The topological polar surface area (TPSA) is 202 Å². The van der Waals surface area contributed by atoms with Gasteiger partial charge in [0.15, 0.2) is 6.29 Å². The van der Waals surface area contributed by atoms with Crippen LogP contribution in [0.15, 0.2) is 36.1 Å². The Labute approximate surface area is 224 Å². The molecule has 0 amide bonds. The lowest BCUT2D eigenvalue weighted by Gasteiger charge is -2.44. The molecule has 10 atom stereocenters. The van der Waals surface area contributed by atoms with Crippen molar-refractivity contribution >= 4 is 11.9 Å². The molecule has 2 heterocycles. The third kappa shape index (κ3) is 6.04. The quantitative estimate of drug-likeness (QED) is 0.211. The molecule has 0 bridgehead atoms. The Balaban J connectivity index is 1.53. The number of rotatable bonds is 8. The van der Waals surface area contributed by atoms with Crippen LogP contribution in [0.25, 0.3) is 0 Å². The number of esters is 2. The van der Waals surface area contributed by atoms with Gasteiger partial charge >= 0.3 is 11.9 Å². The van der Waals surface area contributed by atoms with E-state index in [0.29, 0.717) is 6.42 Å². The largest absolute Gasteiger partial charge is 0.508 e. The van der Waals surface area contributed by atoms with Crippen LogP contribution >= 0.6 is 0 Å². The standard InChI is InChI=1S/C26H34O13/c1-26(34)9-15(37-17(29)8-5-12-3-6-13(28)7-4-12)18-14(23(33)35-2)11-36-24(19(18)26)39-25-22(32)21(31)20(30)16(10-27)38-25/h3-4,6-7,11,15-16,18-22,24-25,27-28,30-32,34H,5,8-10H2,1-2H3/t15-,16-,18+,19-,20-,21+,22-,24?,25+,26+/m1/s1. The van der Waals surface area contributed by atoms with Crippen LogP contribution in [0.4, 0.5) is 0 Å². The maximum absolute atomic E-state index is 12.8. The Hall–Kier alpha value is -2.78. The molecule has 0 spiro atoms. The van der Waals surface area contributed by atoms with Crippen molar-refractivity contribution in [3.8, 4) is 5.75 Å². The minimum absolute atomic E-state index is 0.000620. The van der Waals surface area contributed by atoms with E-state index in [-0.39, 0.29) is 24.2 Å². The number of aryl methyl sites for hydroxylation is 1. The third-order valence-corrected chi connectivity index (χ3v) is 7.48. The highest BCUT2D eigenvalue weighted by Crippen LogP contribution is 2.51. The zero-order valence-electron chi connectivity index (χ0n) is 21.5. The Kier molecular flexibility index (Phi) is 8.81. The monoisotopic (exact) mass is 554 g/mol. The van der Waals surface area contributed by atoms with E-state index in [4.69, 9.17) is 23.7 Å². The molecular formula is C26H34O13. The number of aliphatic hydroxyl groups excluding tert-OH is 4. The van der Waals surface area contributed by atoms with Crippen LogP contribution in [-0.4, -0.2) is 105 Å². The molecule has 1 aromatic carbocycles. The SMILES string of the molecule is COC(=O)C1=COC(O[C@@H]2O[C@H](CO)[C@@H](O)[C@H](O)[C@H]2O)[C@H]2[C@@H]1[C@H](OC(=O)CCc1ccc(O)cc1)C[C@]2(C)O. The predicted octanol–water partition coefficient (Wildman–Crippen LogP) is -1.15. The first-order chi connectivity index (χ1) is 18.5. The van der Waals surface area contributed by atoms with Crippen molar-refractivity contribution in [2.24, 2.45) is 11.8 Å². The van der Waals surface area contributed by atoms with Gasteiger partial charge in [-0.2, -0.15) is 0 Å². The van der Waals surface area contributed by atoms with Gasteiger partial charge in [-0.1, -0.05) is 12.1 Å². The second-order valence-corrected chi connectivity index (χ2v) is 10.2. The van der Waals surface area contributed by atoms with Crippen molar-refractivity contribution in [3.05, 3.63) is 41.7 Å². The average Bonchev–Trinajstić information content (AvgIpc) is 3.18. The summed E-state index contributed by atoms with van der Waals surface area (Å²) in [6.07, 6.45) is -8.82. The molecule has 13 nitrogen and oxygen atoms in total. The predicted molar refractivity (Wildman–Crippen MR) is 128 cm³/mol. The molecule has 3 aliphatic rings. The summed E-state index contributed by atoms with van der Waals surface area (Å²) in [6, 6.07) is 6.36. The number of carbonyl (C=O) groups excluding carboxylic acids is 2. The maximum atomic E-state index is 12.8. The number of phenols is 1. The normalized spacial score (nSPS) is 37.8. The van der Waals surface area contributed by atoms with E-state index < -0.39 is 79.1 Å².